The van der Waals surface area contributed by atoms with E-state index in [1.807, 2.05) is 30.4 Å². The summed E-state index contributed by atoms with van der Waals surface area (Å²) in [5.41, 5.74) is 5.65. The van der Waals surface area contributed by atoms with Crippen molar-refractivity contribution in [1.82, 2.24) is 0 Å². The molecule has 4 aliphatic rings. The van der Waals surface area contributed by atoms with Gasteiger partial charge in [-0.1, -0.05) is 106 Å². The fourth-order valence-electron chi connectivity index (χ4n) is 6.57. The molecule has 0 unspecified atom stereocenters. The van der Waals surface area contributed by atoms with Crippen molar-refractivity contribution in [1.29, 1.82) is 0 Å². The van der Waals surface area contributed by atoms with E-state index in [1.165, 1.54) is 88.3 Å². The first-order chi connectivity index (χ1) is 15.8. The van der Waals surface area contributed by atoms with Gasteiger partial charge in [-0.15, -0.1) is 0 Å². The van der Waals surface area contributed by atoms with E-state index in [0.717, 1.165) is 23.4 Å². The van der Waals surface area contributed by atoms with E-state index in [2.05, 4.69) is 36.9 Å². The molecule has 33 heavy (non-hydrogen) atoms. The van der Waals surface area contributed by atoms with E-state index in [4.69, 9.17) is 4.74 Å². The maximum Gasteiger partial charge on any atom is 0.0425 e. The van der Waals surface area contributed by atoms with Crippen LogP contribution in [0, 0.1) is 0 Å². The minimum atomic E-state index is -1.17. The van der Waals surface area contributed by atoms with E-state index in [0.29, 0.717) is 0 Å². The topological polar surface area (TPSA) is 12.4 Å². The predicted octanol–water partition coefficient (Wildman–Crippen LogP) is 9.74. The Bertz CT molecular complexity index is 816. The zero-order valence-electron chi connectivity index (χ0n) is 20.4. The van der Waals surface area contributed by atoms with Crippen molar-refractivity contribution in [2.45, 2.75) is 100 Å². The van der Waals surface area contributed by atoms with Gasteiger partial charge in [0.15, 0.2) is 0 Å². The molecule has 0 aromatic heterocycles. The second-order valence-corrected chi connectivity index (χ2v) is 14.0. The van der Waals surface area contributed by atoms with Crippen LogP contribution in [-0.2, 0) is 21.7 Å². The van der Waals surface area contributed by atoms with Gasteiger partial charge in [0, 0.05) is 33.8 Å². The van der Waals surface area contributed by atoms with Crippen LogP contribution < -0.4 is 0 Å². The summed E-state index contributed by atoms with van der Waals surface area (Å²) in [7, 11) is -1.17. The van der Waals surface area contributed by atoms with Gasteiger partial charge in [-0.3, -0.25) is 4.74 Å². The van der Waals surface area contributed by atoms with Crippen molar-refractivity contribution in [2.24, 2.45) is 4.74 Å². The van der Waals surface area contributed by atoms with Crippen LogP contribution in [0.25, 0.3) is 6.08 Å². The van der Waals surface area contributed by atoms with Crippen molar-refractivity contribution in [2.75, 3.05) is 0 Å². The number of nitrogens with zero attached hydrogens (tertiary/aromatic N) is 1. The molecule has 176 valence electrons. The SMILES string of the molecule is C1=CCC(N=P(C2CCCC2)(C2CCCC2)C2CCCC2)=C1.C=CC=Cc1ccccc1.[Ti]. The van der Waals surface area contributed by atoms with Crippen LogP contribution in [0.4, 0.5) is 0 Å². The molecule has 0 bridgehead atoms. The monoisotopic (exact) mass is 495 g/mol. The summed E-state index contributed by atoms with van der Waals surface area (Å²) in [6.45, 7) is 3.59. The van der Waals surface area contributed by atoms with Crippen molar-refractivity contribution in [3.63, 3.8) is 0 Å². The molecule has 0 atom stereocenters. The van der Waals surface area contributed by atoms with Crippen molar-refractivity contribution in [3.05, 3.63) is 78.6 Å². The Labute approximate surface area is 217 Å². The Balaban J connectivity index is 0.000000237. The minimum absolute atomic E-state index is 0. The molecule has 0 aliphatic heterocycles. The summed E-state index contributed by atoms with van der Waals surface area (Å²) in [5, 5.41) is 0. The first-order valence-corrected chi connectivity index (χ1v) is 15.1. The first kappa shape index (κ1) is 26.7. The molecular formula is C30H42NPTi. The normalized spacial score (nSPS) is 21.6. The van der Waals surface area contributed by atoms with Crippen molar-refractivity contribution >= 4 is 13.1 Å². The van der Waals surface area contributed by atoms with Gasteiger partial charge in [-0.05, 0) is 74.2 Å². The van der Waals surface area contributed by atoms with E-state index in [1.54, 1.807) is 6.08 Å². The Kier molecular flexibility index (Phi) is 11.2. The molecule has 0 saturated heterocycles. The largest absolute Gasteiger partial charge is 0.271 e. The van der Waals surface area contributed by atoms with Crippen LogP contribution in [0.5, 0.6) is 0 Å². The molecule has 3 heteroatoms. The summed E-state index contributed by atoms with van der Waals surface area (Å²) in [6.07, 6.45) is 31.7. The fourth-order valence-corrected chi connectivity index (χ4v) is 13.0. The van der Waals surface area contributed by atoms with Gasteiger partial charge >= 0.3 is 0 Å². The molecule has 1 aromatic carbocycles. The first-order valence-electron chi connectivity index (χ1n) is 13.1. The Morgan fingerprint density at radius 1 is 0.788 bits per heavy atom. The molecule has 0 spiro atoms. The zero-order chi connectivity index (χ0) is 22.1. The number of allylic oxidation sites excluding steroid dienone is 5. The summed E-state index contributed by atoms with van der Waals surface area (Å²) in [5.74, 6) is 0. The van der Waals surface area contributed by atoms with Crippen LogP contribution in [0.2, 0.25) is 0 Å². The molecule has 1 aromatic rings. The van der Waals surface area contributed by atoms with Crippen molar-refractivity contribution < 1.29 is 21.7 Å². The second-order valence-electron chi connectivity index (χ2n) is 10.0. The van der Waals surface area contributed by atoms with E-state index in [9.17, 15) is 0 Å². The van der Waals surface area contributed by atoms with Crippen LogP contribution in [0.15, 0.2) is 77.7 Å². The molecule has 1 nitrogen and oxygen atoms in total. The Hall–Kier alpha value is -0.876. The van der Waals surface area contributed by atoms with Crippen molar-refractivity contribution in [3.8, 4) is 0 Å². The summed E-state index contributed by atoms with van der Waals surface area (Å²) >= 11 is 0. The van der Waals surface area contributed by atoms with Crippen LogP contribution in [0.1, 0.15) is 89.0 Å². The van der Waals surface area contributed by atoms with Crippen LogP contribution in [-0.4, -0.2) is 17.0 Å². The third-order valence-corrected chi connectivity index (χ3v) is 13.7. The molecule has 0 heterocycles. The molecule has 0 radical (unpaired) electrons. The van der Waals surface area contributed by atoms with Gasteiger partial charge in [-0.2, -0.15) is 0 Å². The van der Waals surface area contributed by atoms with Gasteiger partial charge < -0.3 is 0 Å². The van der Waals surface area contributed by atoms with E-state index in [-0.39, 0.29) is 21.7 Å². The van der Waals surface area contributed by atoms with Gasteiger partial charge in [0.05, 0.1) is 0 Å². The average Bonchev–Trinajstić information content (AvgIpc) is 3.66. The van der Waals surface area contributed by atoms with E-state index >= 15 is 0 Å². The number of benzene rings is 1. The second kappa shape index (κ2) is 13.9. The smallest absolute Gasteiger partial charge is 0.0425 e. The minimum Gasteiger partial charge on any atom is -0.271 e. The molecule has 4 aliphatic carbocycles. The summed E-state index contributed by atoms with van der Waals surface area (Å²) < 4.78 is 5.76. The molecule has 3 saturated carbocycles. The third-order valence-electron chi connectivity index (χ3n) is 8.01. The molecule has 0 N–H and O–H groups in total. The van der Waals surface area contributed by atoms with Crippen LogP contribution >= 0.6 is 7.05 Å². The Morgan fingerprint density at radius 2 is 1.30 bits per heavy atom. The molecular weight excluding hydrogens is 453 g/mol. The molecule has 3 fully saturated rings. The Morgan fingerprint density at radius 3 is 1.73 bits per heavy atom. The van der Waals surface area contributed by atoms with Gasteiger partial charge in [0.1, 0.15) is 0 Å². The standard InChI is InChI=1S/C20H32NP.C10H10.Ti/c1-2-10-17(9-1)21-22(18-11-3-4-12-18,19-13-5-6-14-19)20-15-7-8-16-20;1-2-3-7-10-8-5-4-6-9-10;/h1-2,9,18-20H,3-8,10-16H2;2-9H,1H2;. The maximum atomic E-state index is 5.76. The summed E-state index contributed by atoms with van der Waals surface area (Å²) in [4.78, 5) is 0. The predicted molar refractivity (Wildman–Crippen MR) is 144 cm³/mol. The quantitative estimate of drug-likeness (QED) is 0.212. The molecule has 0 amide bonds. The zero-order valence-corrected chi connectivity index (χ0v) is 22.8. The number of hydrogen-bond donors (Lipinski definition) is 0. The average molecular weight is 496 g/mol. The number of rotatable bonds is 6. The summed E-state index contributed by atoms with van der Waals surface area (Å²) in [6, 6.07) is 10.1. The van der Waals surface area contributed by atoms with E-state index < -0.39 is 7.05 Å². The number of hydrogen-bond acceptors (Lipinski definition) is 1. The van der Waals surface area contributed by atoms with Gasteiger partial charge in [0.2, 0.25) is 0 Å². The fraction of sp³-hybridized carbons (Fsp3) is 0.533. The molecule has 5 rings (SSSR count). The van der Waals surface area contributed by atoms with Gasteiger partial charge in [0.25, 0.3) is 0 Å². The van der Waals surface area contributed by atoms with Gasteiger partial charge in [-0.25, -0.2) is 0 Å². The third kappa shape index (κ3) is 6.84. The van der Waals surface area contributed by atoms with Crippen LogP contribution in [0.3, 0.4) is 0 Å². The maximum absolute atomic E-state index is 5.76.